The van der Waals surface area contributed by atoms with Crippen molar-refractivity contribution in [3.8, 4) is 0 Å². The van der Waals surface area contributed by atoms with Crippen LogP contribution in [0.25, 0.3) is 10.8 Å². The summed E-state index contributed by atoms with van der Waals surface area (Å²) in [7, 11) is 0. The summed E-state index contributed by atoms with van der Waals surface area (Å²) in [5.74, 6) is 0.464. The molecule has 5 nitrogen and oxygen atoms in total. The zero-order valence-corrected chi connectivity index (χ0v) is 8.93. The van der Waals surface area contributed by atoms with E-state index in [1.54, 1.807) is 12.5 Å². The smallest absolute Gasteiger partial charge is 0.320 e. The highest BCUT2D eigenvalue weighted by molar-refractivity contribution is 5.99. The van der Waals surface area contributed by atoms with Crippen LogP contribution < -0.4 is 10.6 Å². The molecule has 85 valence electrons. The summed E-state index contributed by atoms with van der Waals surface area (Å²) < 4.78 is 0. The van der Waals surface area contributed by atoms with E-state index in [0.717, 1.165) is 10.8 Å². The third-order valence-electron chi connectivity index (χ3n) is 2.23. The highest BCUT2D eigenvalue weighted by Gasteiger charge is 2.05. The molecule has 2 N–H and O–H groups in total. The Morgan fingerprint density at radius 3 is 2.94 bits per heavy atom. The van der Waals surface area contributed by atoms with Gasteiger partial charge in [-0.05, 0) is 11.5 Å². The Hall–Kier alpha value is -2.43. The van der Waals surface area contributed by atoms with Gasteiger partial charge in [-0.2, -0.15) is 0 Å². The number of rotatable bonds is 3. The van der Waals surface area contributed by atoms with Crippen LogP contribution in [0, 0.1) is 0 Å². The Bertz CT molecular complexity index is 549. The summed E-state index contributed by atoms with van der Waals surface area (Å²) in [4.78, 5) is 25.4. The van der Waals surface area contributed by atoms with Gasteiger partial charge in [0.2, 0.25) is 6.29 Å². The Labute approximate surface area is 97.9 Å². The molecule has 0 saturated heterocycles. The number of nitrogens with one attached hydrogen (secondary N) is 2. The molecule has 0 saturated carbocycles. The largest absolute Gasteiger partial charge is 0.330 e. The number of fused-ring (bicyclic) bond motifs is 1. The topological polar surface area (TPSA) is 71.1 Å². The second kappa shape index (κ2) is 5.07. The van der Waals surface area contributed by atoms with Crippen LogP contribution >= 0.6 is 0 Å². The fourth-order valence-electron chi connectivity index (χ4n) is 1.49. The van der Waals surface area contributed by atoms with E-state index in [4.69, 9.17) is 0 Å². The fraction of sp³-hybridized carbons (Fsp3) is 0.0833. The van der Waals surface area contributed by atoms with Gasteiger partial charge in [-0.3, -0.25) is 10.1 Å². The molecule has 0 bridgehead atoms. The van der Waals surface area contributed by atoms with Gasteiger partial charge in [0.1, 0.15) is 5.82 Å². The average Bonchev–Trinajstić information content (AvgIpc) is 2.37. The molecule has 1 heterocycles. The fourth-order valence-corrected chi connectivity index (χ4v) is 1.49. The number of nitrogens with zero attached hydrogens (tertiary/aromatic N) is 1. The van der Waals surface area contributed by atoms with Crippen LogP contribution in [0.2, 0.25) is 0 Å². The summed E-state index contributed by atoms with van der Waals surface area (Å²) >= 11 is 0. The summed E-state index contributed by atoms with van der Waals surface area (Å²) in [5, 5.41) is 6.74. The minimum absolute atomic E-state index is 0.142. The molecule has 0 aliphatic rings. The van der Waals surface area contributed by atoms with Gasteiger partial charge in [0.15, 0.2) is 0 Å². The maximum absolute atomic E-state index is 11.4. The number of urea groups is 1. The van der Waals surface area contributed by atoms with E-state index in [0.29, 0.717) is 5.82 Å². The number of pyridine rings is 1. The van der Waals surface area contributed by atoms with Crippen molar-refractivity contribution < 1.29 is 9.59 Å². The number of hydrogen-bond acceptors (Lipinski definition) is 3. The van der Waals surface area contributed by atoms with Gasteiger partial charge in [-0.15, -0.1) is 0 Å². The second-order valence-corrected chi connectivity index (χ2v) is 3.33. The minimum atomic E-state index is -0.475. The zero-order chi connectivity index (χ0) is 12.1. The molecular formula is C12H10N3O2. The molecular weight excluding hydrogens is 218 g/mol. The molecule has 1 radical (unpaired) electrons. The predicted molar refractivity (Wildman–Crippen MR) is 64.5 cm³/mol. The number of amides is 2. The minimum Gasteiger partial charge on any atom is -0.330 e. The van der Waals surface area contributed by atoms with Gasteiger partial charge in [0.25, 0.3) is 0 Å². The van der Waals surface area contributed by atoms with Crippen molar-refractivity contribution in [1.82, 2.24) is 10.3 Å². The van der Waals surface area contributed by atoms with E-state index in [1.165, 1.54) is 0 Å². The molecule has 17 heavy (non-hydrogen) atoms. The standard InChI is InChI=1S/C12H10N3O2/c16-8-7-14-12(17)15-11-10-4-2-1-3-9(10)5-6-13-11/h1-6H,7H2,(H2,13,14,15,17). The zero-order valence-electron chi connectivity index (χ0n) is 8.93. The molecule has 0 aliphatic heterocycles. The summed E-state index contributed by atoms with van der Waals surface area (Å²) in [6.45, 7) is -0.142. The van der Waals surface area contributed by atoms with Crippen LogP contribution in [-0.2, 0) is 4.79 Å². The van der Waals surface area contributed by atoms with Crippen molar-refractivity contribution in [2.75, 3.05) is 11.9 Å². The normalized spacial score (nSPS) is 9.88. The van der Waals surface area contributed by atoms with Crippen molar-refractivity contribution in [2.24, 2.45) is 0 Å². The first-order chi connectivity index (χ1) is 8.31. The molecule has 2 amide bonds. The first-order valence-corrected chi connectivity index (χ1v) is 5.05. The van der Waals surface area contributed by atoms with Gasteiger partial charge in [0, 0.05) is 11.6 Å². The first kappa shape index (κ1) is 11.1. The van der Waals surface area contributed by atoms with Crippen molar-refractivity contribution in [1.29, 1.82) is 0 Å². The van der Waals surface area contributed by atoms with E-state index in [2.05, 4.69) is 15.6 Å². The Morgan fingerprint density at radius 2 is 2.12 bits per heavy atom. The number of benzene rings is 1. The van der Waals surface area contributed by atoms with Crippen LogP contribution in [0.3, 0.4) is 0 Å². The van der Waals surface area contributed by atoms with Crippen LogP contribution in [0.5, 0.6) is 0 Å². The number of anilines is 1. The molecule has 0 atom stereocenters. The molecule has 0 spiro atoms. The lowest BCUT2D eigenvalue weighted by molar-refractivity contribution is 0.253. The molecule has 0 aliphatic carbocycles. The molecule has 0 unspecified atom stereocenters. The maximum atomic E-state index is 11.4. The monoisotopic (exact) mass is 228 g/mol. The van der Waals surface area contributed by atoms with Crippen LogP contribution in [0.4, 0.5) is 10.6 Å². The lowest BCUT2D eigenvalue weighted by atomic mass is 10.1. The Kier molecular flexibility index (Phi) is 3.30. The van der Waals surface area contributed by atoms with E-state index < -0.39 is 6.03 Å². The molecule has 1 aromatic carbocycles. The molecule has 0 fully saturated rings. The number of hydrogen-bond donors (Lipinski definition) is 2. The van der Waals surface area contributed by atoms with Crippen LogP contribution in [-0.4, -0.2) is 23.8 Å². The van der Waals surface area contributed by atoms with Gasteiger partial charge in [-0.25, -0.2) is 9.78 Å². The summed E-state index contributed by atoms with van der Waals surface area (Å²) in [5.41, 5.74) is 0. The third-order valence-corrected chi connectivity index (χ3v) is 2.23. The van der Waals surface area contributed by atoms with Crippen molar-refractivity contribution >= 4 is 28.9 Å². The SMILES string of the molecule is O=[C]CNC(=O)Nc1nccc2ccccc12. The van der Waals surface area contributed by atoms with Gasteiger partial charge in [0.05, 0.1) is 6.54 Å². The van der Waals surface area contributed by atoms with Gasteiger partial charge in [-0.1, -0.05) is 24.3 Å². The first-order valence-electron chi connectivity index (χ1n) is 5.05. The van der Waals surface area contributed by atoms with E-state index in [1.807, 2.05) is 30.3 Å². The second-order valence-electron chi connectivity index (χ2n) is 3.33. The Balaban J connectivity index is 2.23. The van der Waals surface area contributed by atoms with Gasteiger partial charge < -0.3 is 5.32 Å². The van der Waals surface area contributed by atoms with Crippen LogP contribution in [0.1, 0.15) is 0 Å². The molecule has 5 heteroatoms. The quantitative estimate of drug-likeness (QED) is 0.835. The number of carbonyl (C=O) groups is 1. The highest BCUT2D eigenvalue weighted by atomic mass is 16.2. The van der Waals surface area contributed by atoms with Crippen molar-refractivity contribution in [3.05, 3.63) is 36.5 Å². The van der Waals surface area contributed by atoms with E-state index in [-0.39, 0.29) is 6.54 Å². The molecule has 2 rings (SSSR count). The lowest BCUT2D eigenvalue weighted by Crippen LogP contribution is -2.30. The maximum Gasteiger partial charge on any atom is 0.320 e. The highest BCUT2D eigenvalue weighted by Crippen LogP contribution is 2.19. The summed E-state index contributed by atoms with van der Waals surface area (Å²) in [6.07, 6.45) is 3.19. The third kappa shape index (κ3) is 2.57. The Morgan fingerprint density at radius 1 is 1.29 bits per heavy atom. The van der Waals surface area contributed by atoms with Crippen molar-refractivity contribution in [2.45, 2.75) is 0 Å². The number of aromatic nitrogens is 1. The van der Waals surface area contributed by atoms with E-state index >= 15 is 0 Å². The van der Waals surface area contributed by atoms with Crippen LogP contribution in [0.15, 0.2) is 36.5 Å². The predicted octanol–water partition coefficient (Wildman–Crippen LogP) is 1.47. The number of carbonyl (C=O) groups excluding carboxylic acids is 2. The lowest BCUT2D eigenvalue weighted by Gasteiger charge is -2.07. The van der Waals surface area contributed by atoms with Crippen molar-refractivity contribution in [3.63, 3.8) is 0 Å². The molecule has 2 aromatic rings. The summed E-state index contributed by atoms with van der Waals surface area (Å²) in [6, 6.07) is 8.96. The van der Waals surface area contributed by atoms with E-state index in [9.17, 15) is 9.59 Å². The molecule has 1 aromatic heterocycles. The average molecular weight is 228 g/mol. The van der Waals surface area contributed by atoms with Gasteiger partial charge >= 0.3 is 6.03 Å².